The summed E-state index contributed by atoms with van der Waals surface area (Å²) in [5.74, 6) is -4.49. The normalized spacial score (nSPS) is 24.6. The number of nitrogens with zero attached hydrogens (tertiary/aromatic N) is 1. The Bertz CT molecular complexity index is 1710. The molecule has 0 aliphatic carbocycles. The van der Waals surface area contributed by atoms with Crippen LogP contribution in [0.25, 0.3) is 0 Å². The van der Waals surface area contributed by atoms with E-state index in [1.165, 1.54) is 11.2 Å². The number of nitrogens with one attached hydrogen (secondary N) is 1. The lowest BCUT2D eigenvalue weighted by Crippen LogP contribution is -2.63. The predicted molar refractivity (Wildman–Crippen MR) is 194 cm³/mol. The summed E-state index contributed by atoms with van der Waals surface area (Å²) in [6, 6.07) is 18.2. The first-order valence-corrected chi connectivity index (χ1v) is 19.7. The van der Waals surface area contributed by atoms with Gasteiger partial charge in [-0.3, -0.25) is 24.0 Å². The van der Waals surface area contributed by atoms with Crippen LogP contribution < -0.4 is 5.32 Å². The maximum Gasteiger partial charge on any atom is 0.312 e. The summed E-state index contributed by atoms with van der Waals surface area (Å²) in [5.41, 5.74) is 1.79. The zero-order valence-electron chi connectivity index (χ0n) is 31.6. The number of esters is 5. The number of ether oxygens (including phenoxy) is 7. The topological polar surface area (TPSA) is 199 Å². The standard InChI is InChI=1S/C38H50N2O14S/c1-24(30-16-10-7-11-17-30)39-32-21-40(20-31(32)37(45)50-22-29-14-8-6-9-15-29)55(46,47)19-13-12-18-48-38-36(53-28(5)44)35(52-27(4)43)34(51-26(3)42)33(54-38)23-49-25(2)41/h6-11,14-17,24,31-36,38-39H,12-13,18-23H2,1-5H3/t24-,31-,32-,33-,34+,35+,36-,38-/m1/s1. The van der Waals surface area contributed by atoms with Gasteiger partial charge in [-0.1, -0.05) is 60.7 Å². The highest BCUT2D eigenvalue weighted by atomic mass is 32.2. The molecular formula is C38H50N2O14S. The summed E-state index contributed by atoms with van der Waals surface area (Å²) < 4.78 is 67.4. The van der Waals surface area contributed by atoms with Crippen LogP contribution >= 0.6 is 0 Å². The molecule has 8 atom stereocenters. The minimum Gasteiger partial charge on any atom is -0.463 e. The molecule has 0 saturated carbocycles. The molecule has 2 aromatic rings. The molecule has 2 fully saturated rings. The fraction of sp³-hybridized carbons (Fsp3) is 0.553. The molecule has 2 heterocycles. The second-order valence-corrected chi connectivity index (χ2v) is 15.5. The monoisotopic (exact) mass is 790 g/mol. The molecule has 0 bridgehead atoms. The predicted octanol–water partition coefficient (Wildman–Crippen LogP) is 2.59. The molecule has 0 aromatic heterocycles. The number of sulfonamides is 1. The number of benzene rings is 2. The van der Waals surface area contributed by atoms with Crippen molar-refractivity contribution in [3.05, 3.63) is 71.8 Å². The molecule has 1 N–H and O–H groups in total. The summed E-state index contributed by atoms with van der Waals surface area (Å²) in [6.45, 7) is 6.03. The third-order valence-corrected chi connectivity index (χ3v) is 10.9. The van der Waals surface area contributed by atoms with Gasteiger partial charge in [-0.05, 0) is 30.9 Å². The zero-order valence-corrected chi connectivity index (χ0v) is 32.4. The first kappa shape index (κ1) is 43.3. The van der Waals surface area contributed by atoms with Gasteiger partial charge in [0.25, 0.3) is 0 Å². The SMILES string of the molecule is CC(=O)OC[C@H]1O[C@@H](OCCCCS(=O)(=O)N2C[C@@H](N[C@H](C)c3ccccc3)[C@H](C(=O)OCc3ccccc3)C2)[C@H](OC(C)=O)[C@@H](OC(C)=O)[C@H]1OC(C)=O. The van der Waals surface area contributed by atoms with Gasteiger partial charge in [0.15, 0.2) is 24.6 Å². The van der Waals surface area contributed by atoms with E-state index in [0.717, 1.165) is 31.9 Å². The number of carbonyl (C=O) groups is 5. The molecule has 0 radical (unpaired) electrons. The Morgan fingerprint density at radius 2 is 1.38 bits per heavy atom. The van der Waals surface area contributed by atoms with E-state index in [4.69, 9.17) is 33.2 Å². The second kappa shape index (κ2) is 20.5. The molecule has 0 unspecified atom stereocenters. The number of carbonyl (C=O) groups excluding carboxylic acids is 5. The average molecular weight is 791 g/mol. The van der Waals surface area contributed by atoms with Crippen LogP contribution in [0.3, 0.4) is 0 Å². The van der Waals surface area contributed by atoms with E-state index in [-0.39, 0.29) is 50.9 Å². The lowest BCUT2D eigenvalue weighted by atomic mass is 9.98. The molecule has 2 aromatic carbocycles. The van der Waals surface area contributed by atoms with Crippen molar-refractivity contribution in [3.63, 3.8) is 0 Å². The van der Waals surface area contributed by atoms with E-state index < -0.39 is 89.1 Å². The summed E-state index contributed by atoms with van der Waals surface area (Å²) in [5, 5.41) is 3.44. The molecule has 4 rings (SSSR count). The minimum absolute atomic E-state index is 0.0590. The first-order chi connectivity index (χ1) is 26.1. The number of rotatable bonds is 18. The molecule has 55 heavy (non-hydrogen) atoms. The molecule has 2 saturated heterocycles. The minimum atomic E-state index is -3.85. The number of hydrogen-bond donors (Lipinski definition) is 1. The quantitative estimate of drug-likeness (QED) is 0.131. The van der Waals surface area contributed by atoms with E-state index in [2.05, 4.69) is 5.32 Å². The third-order valence-electron chi connectivity index (χ3n) is 9.00. The fourth-order valence-electron chi connectivity index (χ4n) is 6.44. The Kier molecular flexibility index (Phi) is 16.1. The summed E-state index contributed by atoms with van der Waals surface area (Å²) >= 11 is 0. The van der Waals surface area contributed by atoms with Crippen LogP contribution in [0.1, 0.15) is 64.6 Å². The van der Waals surface area contributed by atoms with Crippen molar-refractivity contribution in [3.8, 4) is 0 Å². The van der Waals surface area contributed by atoms with Crippen LogP contribution in [0.5, 0.6) is 0 Å². The lowest BCUT2D eigenvalue weighted by molar-refractivity contribution is -0.308. The van der Waals surface area contributed by atoms with Gasteiger partial charge in [-0.25, -0.2) is 8.42 Å². The van der Waals surface area contributed by atoms with E-state index in [1.54, 1.807) is 0 Å². The molecule has 17 heteroatoms. The average Bonchev–Trinajstić information content (AvgIpc) is 3.57. The maximum atomic E-state index is 13.7. The van der Waals surface area contributed by atoms with Gasteiger partial charge in [-0.2, -0.15) is 4.31 Å². The highest BCUT2D eigenvalue weighted by molar-refractivity contribution is 7.89. The smallest absolute Gasteiger partial charge is 0.312 e. The maximum absolute atomic E-state index is 13.7. The van der Waals surface area contributed by atoms with E-state index in [9.17, 15) is 32.4 Å². The fourth-order valence-corrected chi connectivity index (χ4v) is 8.04. The van der Waals surface area contributed by atoms with Crippen LogP contribution in [0.15, 0.2) is 60.7 Å². The van der Waals surface area contributed by atoms with Crippen molar-refractivity contribution in [1.82, 2.24) is 9.62 Å². The second-order valence-electron chi connectivity index (χ2n) is 13.4. The molecular weight excluding hydrogens is 740 g/mol. The van der Waals surface area contributed by atoms with Gasteiger partial charge in [0.05, 0.1) is 11.7 Å². The molecule has 16 nitrogen and oxygen atoms in total. The summed E-state index contributed by atoms with van der Waals surface area (Å²) in [7, 11) is -3.85. The van der Waals surface area contributed by atoms with Crippen molar-refractivity contribution in [2.45, 2.75) is 96.9 Å². The van der Waals surface area contributed by atoms with E-state index >= 15 is 0 Å². The van der Waals surface area contributed by atoms with Crippen LogP contribution in [0.4, 0.5) is 0 Å². The molecule has 302 valence electrons. The van der Waals surface area contributed by atoms with Gasteiger partial charge in [-0.15, -0.1) is 0 Å². The van der Waals surface area contributed by atoms with E-state index in [1.807, 2.05) is 67.6 Å². The number of unbranched alkanes of at least 4 members (excludes halogenated alkanes) is 1. The summed E-state index contributed by atoms with van der Waals surface area (Å²) in [6.07, 6.45) is -6.32. The van der Waals surface area contributed by atoms with Gasteiger partial charge in [0.1, 0.15) is 19.3 Å². The van der Waals surface area contributed by atoms with Crippen molar-refractivity contribution in [1.29, 1.82) is 0 Å². The van der Waals surface area contributed by atoms with Crippen LogP contribution in [-0.4, -0.2) is 111 Å². The Morgan fingerprint density at radius 1 is 0.782 bits per heavy atom. The molecule has 0 spiro atoms. The van der Waals surface area contributed by atoms with Crippen molar-refractivity contribution < 1.29 is 65.5 Å². The Labute approximate surface area is 321 Å². The van der Waals surface area contributed by atoms with Crippen LogP contribution in [-0.2, 0) is 73.8 Å². The molecule has 2 aliphatic heterocycles. The Hall–Kier alpha value is -4.42. The largest absolute Gasteiger partial charge is 0.463 e. The van der Waals surface area contributed by atoms with Gasteiger partial charge in [0, 0.05) is 59.5 Å². The zero-order chi connectivity index (χ0) is 40.1. The highest BCUT2D eigenvalue weighted by Crippen LogP contribution is 2.31. The van der Waals surface area contributed by atoms with Crippen molar-refractivity contribution in [2.75, 3.05) is 32.1 Å². The van der Waals surface area contributed by atoms with Gasteiger partial charge in [0.2, 0.25) is 10.0 Å². The van der Waals surface area contributed by atoms with Crippen LogP contribution in [0.2, 0.25) is 0 Å². The van der Waals surface area contributed by atoms with Crippen LogP contribution in [0, 0.1) is 5.92 Å². The first-order valence-electron chi connectivity index (χ1n) is 18.1. The van der Waals surface area contributed by atoms with E-state index in [0.29, 0.717) is 0 Å². The summed E-state index contributed by atoms with van der Waals surface area (Å²) in [4.78, 5) is 61.1. The van der Waals surface area contributed by atoms with Crippen molar-refractivity contribution in [2.24, 2.45) is 5.92 Å². The van der Waals surface area contributed by atoms with Gasteiger partial charge >= 0.3 is 29.8 Å². The lowest BCUT2D eigenvalue weighted by Gasteiger charge is -2.44. The van der Waals surface area contributed by atoms with Gasteiger partial charge < -0.3 is 38.5 Å². The Morgan fingerprint density at radius 3 is 2.00 bits per heavy atom. The van der Waals surface area contributed by atoms with Crippen molar-refractivity contribution >= 4 is 39.9 Å². The number of hydrogen-bond acceptors (Lipinski definition) is 15. The third kappa shape index (κ3) is 13.1. The Balaban J connectivity index is 1.40. The highest BCUT2D eigenvalue weighted by Gasteiger charge is 2.53. The molecule has 0 amide bonds. The molecule has 2 aliphatic rings.